The van der Waals surface area contributed by atoms with Crippen molar-refractivity contribution in [2.75, 3.05) is 6.54 Å². The second-order valence-corrected chi connectivity index (χ2v) is 4.90. The van der Waals surface area contributed by atoms with Crippen molar-refractivity contribution < 1.29 is 4.79 Å². The molecule has 3 N–H and O–H groups in total. The third-order valence-electron chi connectivity index (χ3n) is 2.69. The van der Waals surface area contributed by atoms with Crippen LogP contribution in [0.4, 0.5) is 0 Å². The average molecular weight is 271 g/mol. The van der Waals surface area contributed by atoms with Crippen molar-refractivity contribution in [1.29, 1.82) is 0 Å². The van der Waals surface area contributed by atoms with E-state index in [-0.39, 0.29) is 24.4 Å². The molecule has 4 heteroatoms. The molecule has 1 unspecified atom stereocenters. The molecule has 1 atom stereocenters. The fourth-order valence-corrected chi connectivity index (χ4v) is 1.76. The Bertz CT molecular complexity index is 363. The van der Waals surface area contributed by atoms with Crippen molar-refractivity contribution in [3.63, 3.8) is 0 Å². The number of carbonyl (C=O) groups excluding carboxylic acids is 1. The van der Waals surface area contributed by atoms with Gasteiger partial charge in [0.05, 0.1) is 0 Å². The number of aryl methyl sites for hydroxylation is 1. The Morgan fingerprint density at radius 1 is 1.28 bits per heavy atom. The molecule has 0 aliphatic rings. The lowest BCUT2D eigenvalue weighted by molar-refractivity contribution is 0.0934. The first-order chi connectivity index (χ1) is 8.02. The second kappa shape index (κ2) is 8.11. The maximum atomic E-state index is 11.9. The second-order valence-electron chi connectivity index (χ2n) is 4.90. The van der Waals surface area contributed by atoms with Crippen molar-refractivity contribution in [3.8, 4) is 0 Å². The van der Waals surface area contributed by atoms with Crippen LogP contribution in [0.5, 0.6) is 0 Å². The minimum Gasteiger partial charge on any atom is -0.348 e. The van der Waals surface area contributed by atoms with Crippen molar-refractivity contribution >= 4 is 18.3 Å². The van der Waals surface area contributed by atoms with Crippen molar-refractivity contribution in [3.05, 3.63) is 35.4 Å². The standard InChI is InChI=1S/C14H22N2O.ClH/c1-10(2)8-13(9-15)16-14(17)12-6-4-11(3)5-7-12;/h4-7,10,13H,8-9,15H2,1-3H3,(H,16,17);1H. The van der Waals surface area contributed by atoms with E-state index in [1.807, 2.05) is 31.2 Å². The van der Waals surface area contributed by atoms with Crippen LogP contribution in [0.25, 0.3) is 0 Å². The summed E-state index contributed by atoms with van der Waals surface area (Å²) in [5, 5.41) is 2.97. The molecule has 0 radical (unpaired) electrons. The summed E-state index contributed by atoms with van der Waals surface area (Å²) in [6, 6.07) is 7.62. The summed E-state index contributed by atoms with van der Waals surface area (Å²) in [7, 11) is 0. The summed E-state index contributed by atoms with van der Waals surface area (Å²) < 4.78 is 0. The molecular weight excluding hydrogens is 248 g/mol. The van der Waals surface area contributed by atoms with Gasteiger partial charge >= 0.3 is 0 Å². The van der Waals surface area contributed by atoms with Crippen molar-refractivity contribution in [1.82, 2.24) is 5.32 Å². The van der Waals surface area contributed by atoms with Crippen molar-refractivity contribution in [2.24, 2.45) is 11.7 Å². The average Bonchev–Trinajstić information content (AvgIpc) is 2.28. The molecule has 3 nitrogen and oxygen atoms in total. The SMILES string of the molecule is Cc1ccc(C(=O)NC(CN)CC(C)C)cc1.Cl. The van der Waals surface area contributed by atoms with Crippen LogP contribution in [0.1, 0.15) is 36.2 Å². The highest BCUT2D eigenvalue weighted by Gasteiger charge is 2.13. The predicted molar refractivity (Wildman–Crippen MR) is 78.2 cm³/mol. The highest BCUT2D eigenvalue weighted by Crippen LogP contribution is 2.06. The Kier molecular flexibility index (Phi) is 7.64. The number of benzene rings is 1. The topological polar surface area (TPSA) is 55.1 Å². The van der Waals surface area contributed by atoms with Crippen LogP contribution in [-0.2, 0) is 0 Å². The number of halogens is 1. The quantitative estimate of drug-likeness (QED) is 0.864. The number of rotatable bonds is 5. The molecule has 1 amide bonds. The maximum absolute atomic E-state index is 11.9. The lowest BCUT2D eigenvalue weighted by Gasteiger charge is -2.18. The molecule has 0 bridgehead atoms. The van der Waals surface area contributed by atoms with Gasteiger partial charge in [0, 0.05) is 18.2 Å². The molecule has 0 heterocycles. The Labute approximate surface area is 116 Å². The van der Waals surface area contributed by atoms with Crippen LogP contribution in [0.2, 0.25) is 0 Å². The third-order valence-corrected chi connectivity index (χ3v) is 2.69. The molecule has 1 rings (SSSR count). The van der Waals surface area contributed by atoms with Gasteiger partial charge in [0.1, 0.15) is 0 Å². The highest BCUT2D eigenvalue weighted by molar-refractivity contribution is 5.94. The van der Waals surface area contributed by atoms with Gasteiger partial charge < -0.3 is 11.1 Å². The number of carbonyl (C=O) groups is 1. The third kappa shape index (κ3) is 5.52. The monoisotopic (exact) mass is 270 g/mol. The van der Waals surface area contributed by atoms with Gasteiger partial charge in [-0.15, -0.1) is 12.4 Å². The first-order valence-corrected chi connectivity index (χ1v) is 6.10. The molecule has 0 fully saturated rings. The Morgan fingerprint density at radius 3 is 2.28 bits per heavy atom. The first kappa shape index (κ1) is 16.9. The van der Waals surface area contributed by atoms with E-state index in [9.17, 15) is 4.79 Å². The van der Waals surface area contributed by atoms with Gasteiger partial charge in [-0.1, -0.05) is 31.5 Å². The van der Waals surface area contributed by atoms with Crippen LogP contribution >= 0.6 is 12.4 Å². The number of hydrogen-bond acceptors (Lipinski definition) is 2. The molecular formula is C14H23ClN2O. The Balaban J connectivity index is 0.00000289. The number of nitrogens with two attached hydrogens (primary N) is 1. The lowest BCUT2D eigenvalue weighted by atomic mass is 10.0. The number of amides is 1. The fraction of sp³-hybridized carbons (Fsp3) is 0.500. The number of nitrogens with one attached hydrogen (secondary N) is 1. The van der Waals surface area contributed by atoms with Gasteiger partial charge in [-0.2, -0.15) is 0 Å². The summed E-state index contributed by atoms with van der Waals surface area (Å²) in [6.45, 7) is 6.74. The first-order valence-electron chi connectivity index (χ1n) is 6.10. The Morgan fingerprint density at radius 2 is 1.83 bits per heavy atom. The van der Waals surface area contributed by atoms with Crippen LogP contribution in [-0.4, -0.2) is 18.5 Å². The van der Waals surface area contributed by atoms with E-state index in [1.54, 1.807) is 0 Å². The van der Waals surface area contributed by atoms with E-state index in [1.165, 1.54) is 0 Å². The van der Waals surface area contributed by atoms with Gasteiger partial charge in [0.2, 0.25) is 0 Å². The summed E-state index contributed by atoms with van der Waals surface area (Å²) in [6.07, 6.45) is 0.911. The highest BCUT2D eigenvalue weighted by atomic mass is 35.5. The maximum Gasteiger partial charge on any atom is 0.251 e. The molecule has 0 aliphatic heterocycles. The van der Waals surface area contributed by atoms with Gasteiger partial charge in [-0.05, 0) is 31.4 Å². The Hall–Kier alpha value is -1.06. The van der Waals surface area contributed by atoms with Crippen LogP contribution < -0.4 is 11.1 Å². The fourth-order valence-electron chi connectivity index (χ4n) is 1.76. The summed E-state index contributed by atoms with van der Waals surface area (Å²) in [5.41, 5.74) is 7.50. The molecule has 102 valence electrons. The molecule has 18 heavy (non-hydrogen) atoms. The molecule has 0 aliphatic carbocycles. The summed E-state index contributed by atoms with van der Waals surface area (Å²) >= 11 is 0. The van der Waals surface area contributed by atoms with E-state index in [0.717, 1.165) is 12.0 Å². The smallest absolute Gasteiger partial charge is 0.251 e. The molecule has 0 aromatic heterocycles. The largest absolute Gasteiger partial charge is 0.348 e. The molecule has 0 saturated heterocycles. The van der Waals surface area contributed by atoms with E-state index >= 15 is 0 Å². The molecule has 1 aromatic rings. The lowest BCUT2D eigenvalue weighted by Crippen LogP contribution is -2.41. The summed E-state index contributed by atoms with van der Waals surface area (Å²) in [5.74, 6) is 0.489. The van der Waals surface area contributed by atoms with Crippen molar-refractivity contribution in [2.45, 2.75) is 33.2 Å². The predicted octanol–water partition coefficient (Wildman–Crippen LogP) is 2.52. The van der Waals surface area contributed by atoms with Crippen LogP contribution in [0.3, 0.4) is 0 Å². The van der Waals surface area contributed by atoms with E-state index in [4.69, 9.17) is 5.73 Å². The minimum atomic E-state index is -0.0406. The van der Waals surface area contributed by atoms with Crippen LogP contribution in [0.15, 0.2) is 24.3 Å². The zero-order valence-electron chi connectivity index (χ0n) is 11.3. The van der Waals surface area contributed by atoms with Gasteiger partial charge in [-0.3, -0.25) is 4.79 Å². The van der Waals surface area contributed by atoms with E-state index in [2.05, 4.69) is 19.2 Å². The van der Waals surface area contributed by atoms with Crippen LogP contribution in [0, 0.1) is 12.8 Å². The minimum absolute atomic E-state index is 0. The molecule has 0 saturated carbocycles. The van der Waals surface area contributed by atoms with E-state index < -0.39 is 0 Å². The van der Waals surface area contributed by atoms with Gasteiger partial charge in [0.15, 0.2) is 0 Å². The molecule has 0 spiro atoms. The van der Waals surface area contributed by atoms with Gasteiger partial charge in [-0.25, -0.2) is 0 Å². The number of hydrogen-bond donors (Lipinski definition) is 2. The van der Waals surface area contributed by atoms with E-state index in [0.29, 0.717) is 18.0 Å². The zero-order valence-corrected chi connectivity index (χ0v) is 12.1. The summed E-state index contributed by atoms with van der Waals surface area (Å²) in [4.78, 5) is 11.9. The van der Waals surface area contributed by atoms with Gasteiger partial charge in [0.25, 0.3) is 5.91 Å². The zero-order chi connectivity index (χ0) is 12.8. The molecule has 1 aromatic carbocycles. The normalized spacial score (nSPS) is 11.8.